The van der Waals surface area contributed by atoms with Crippen LogP contribution in [-0.2, 0) is 5.92 Å². The largest absolute Gasteiger partial charge is 0.458 e. The lowest BCUT2D eigenvalue weighted by Crippen LogP contribution is -2.34. The Hall–Kier alpha value is -1.17. The van der Waals surface area contributed by atoms with Gasteiger partial charge in [-0.2, -0.15) is 22.0 Å². The first kappa shape index (κ1) is 14.2. The van der Waals surface area contributed by atoms with Gasteiger partial charge in [0, 0.05) is 11.6 Å². The highest BCUT2D eigenvalue weighted by atomic mass is 19.4. The Balaban J connectivity index is 2.28. The van der Waals surface area contributed by atoms with E-state index in [4.69, 9.17) is 0 Å². The summed E-state index contributed by atoms with van der Waals surface area (Å²) >= 11 is 0. The standard InChI is InChI=1S/C13H14F5N/c14-12(15,13(16,17)18)10-5-3-4-9(8-10)11-6-1-2-7-19-11/h3-5,8,11,19H,1-2,6-7H2. The minimum absolute atomic E-state index is 0.141. The van der Waals surface area contributed by atoms with Crippen molar-refractivity contribution in [3.63, 3.8) is 0 Å². The molecule has 0 radical (unpaired) electrons. The first-order chi connectivity index (χ1) is 8.82. The molecule has 1 fully saturated rings. The molecule has 1 atom stereocenters. The molecule has 1 nitrogen and oxygen atoms in total. The topological polar surface area (TPSA) is 12.0 Å². The van der Waals surface area contributed by atoms with Gasteiger partial charge < -0.3 is 5.32 Å². The summed E-state index contributed by atoms with van der Waals surface area (Å²) in [5.74, 6) is -4.81. The van der Waals surface area contributed by atoms with E-state index in [0.29, 0.717) is 5.56 Å². The van der Waals surface area contributed by atoms with Crippen LogP contribution in [0.2, 0.25) is 0 Å². The van der Waals surface area contributed by atoms with Crippen LogP contribution in [0.3, 0.4) is 0 Å². The molecule has 0 spiro atoms. The molecular formula is C13H14F5N. The number of hydrogen-bond donors (Lipinski definition) is 1. The molecule has 1 N–H and O–H groups in total. The van der Waals surface area contributed by atoms with Crippen LogP contribution in [-0.4, -0.2) is 12.7 Å². The fraction of sp³-hybridized carbons (Fsp3) is 0.538. The van der Waals surface area contributed by atoms with Gasteiger partial charge in [-0.05, 0) is 31.0 Å². The van der Waals surface area contributed by atoms with Crippen molar-refractivity contribution in [2.45, 2.75) is 37.4 Å². The summed E-state index contributed by atoms with van der Waals surface area (Å²) in [5, 5.41) is 3.13. The number of piperidine rings is 1. The van der Waals surface area contributed by atoms with Crippen molar-refractivity contribution in [3.05, 3.63) is 35.4 Å². The van der Waals surface area contributed by atoms with Gasteiger partial charge in [-0.3, -0.25) is 0 Å². The van der Waals surface area contributed by atoms with Crippen molar-refractivity contribution in [2.75, 3.05) is 6.54 Å². The molecule has 0 saturated carbocycles. The summed E-state index contributed by atoms with van der Waals surface area (Å²) in [5.41, 5.74) is -0.508. The van der Waals surface area contributed by atoms with E-state index < -0.39 is 17.7 Å². The zero-order valence-corrected chi connectivity index (χ0v) is 10.1. The van der Waals surface area contributed by atoms with Crippen LogP contribution in [0.4, 0.5) is 22.0 Å². The molecule has 1 aromatic carbocycles. The van der Waals surface area contributed by atoms with E-state index in [-0.39, 0.29) is 6.04 Å². The first-order valence-electron chi connectivity index (χ1n) is 6.11. The maximum atomic E-state index is 13.3. The third kappa shape index (κ3) is 2.88. The Labute approximate surface area is 107 Å². The van der Waals surface area contributed by atoms with Crippen molar-refractivity contribution < 1.29 is 22.0 Å². The smallest absolute Gasteiger partial charge is 0.310 e. The predicted molar refractivity (Wildman–Crippen MR) is 61.0 cm³/mol. The summed E-state index contributed by atoms with van der Waals surface area (Å²) in [4.78, 5) is 0. The van der Waals surface area contributed by atoms with Gasteiger partial charge in [0.2, 0.25) is 0 Å². The third-order valence-corrected chi connectivity index (χ3v) is 3.32. The maximum Gasteiger partial charge on any atom is 0.458 e. The summed E-state index contributed by atoms with van der Waals surface area (Å²) in [6, 6.07) is 4.47. The highest BCUT2D eigenvalue weighted by molar-refractivity contribution is 5.30. The lowest BCUT2D eigenvalue weighted by Gasteiger charge is -2.25. The van der Waals surface area contributed by atoms with Gasteiger partial charge in [0.1, 0.15) is 0 Å². The number of rotatable bonds is 2. The average molecular weight is 279 g/mol. The fourth-order valence-electron chi connectivity index (χ4n) is 2.25. The molecule has 0 bridgehead atoms. The molecule has 1 aliphatic rings. The van der Waals surface area contributed by atoms with Gasteiger partial charge in [-0.15, -0.1) is 0 Å². The zero-order chi connectivity index (χ0) is 14.1. The molecule has 1 aromatic rings. The monoisotopic (exact) mass is 279 g/mol. The molecule has 1 heterocycles. The van der Waals surface area contributed by atoms with Gasteiger partial charge in [-0.25, -0.2) is 0 Å². The van der Waals surface area contributed by atoms with Gasteiger partial charge in [0.15, 0.2) is 0 Å². The Morgan fingerprint density at radius 3 is 2.37 bits per heavy atom. The van der Waals surface area contributed by atoms with Gasteiger partial charge >= 0.3 is 12.1 Å². The predicted octanol–water partition coefficient (Wildman–Crippen LogP) is 4.16. The van der Waals surface area contributed by atoms with Crippen LogP contribution in [0, 0.1) is 0 Å². The lowest BCUT2D eigenvalue weighted by atomic mass is 9.95. The van der Waals surface area contributed by atoms with E-state index in [9.17, 15) is 22.0 Å². The minimum atomic E-state index is -5.56. The summed E-state index contributed by atoms with van der Waals surface area (Å²) < 4.78 is 63.5. The normalized spacial score (nSPS) is 21.4. The molecular weight excluding hydrogens is 265 g/mol. The maximum absolute atomic E-state index is 13.3. The van der Waals surface area contributed by atoms with Gasteiger partial charge in [0.05, 0.1) is 0 Å². The van der Waals surface area contributed by atoms with E-state index in [1.165, 1.54) is 6.07 Å². The Morgan fingerprint density at radius 1 is 1.05 bits per heavy atom. The third-order valence-electron chi connectivity index (χ3n) is 3.32. The quantitative estimate of drug-likeness (QED) is 0.802. The second kappa shape index (κ2) is 5.07. The van der Waals surface area contributed by atoms with Gasteiger partial charge in [0.25, 0.3) is 0 Å². The molecule has 1 saturated heterocycles. The number of hydrogen-bond acceptors (Lipinski definition) is 1. The van der Waals surface area contributed by atoms with E-state index in [2.05, 4.69) is 5.32 Å². The number of alkyl halides is 5. The SMILES string of the molecule is FC(F)(F)C(F)(F)c1cccc(C2CCCCN2)c1. The highest BCUT2D eigenvalue weighted by Crippen LogP contribution is 2.44. The number of halogens is 5. The van der Waals surface area contributed by atoms with Crippen molar-refractivity contribution in [3.8, 4) is 0 Å². The highest BCUT2D eigenvalue weighted by Gasteiger charge is 2.58. The number of nitrogens with one attached hydrogen (secondary N) is 1. The minimum Gasteiger partial charge on any atom is -0.310 e. The molecule has 1 unspecified atom stereocenters. The Morgan fingerprint density at radius 2 is 1.79 bits per heavy atom. The zero-order valence-electron chi connectivity index (χ0n) is 10.1. The van der Waals surface area contributed by atoms with Crippen LogP contribution in [0.15, 0.2) is 24.3 Å². The Kier molecular flexibility index (Phi) is 3.80. The second-order valence-corrected chi connectivity index (χ2v) is 4.70. The first-order valence-corrected chi connectivity index (χ1v) is 6.11. The van der Waals surface area contributed by atoms with E-state index in [1.54, 1.807) is 6.07 Å². The van der Waals surface area contributed by atoms with E-state index in [0.717, 1.165) is 37.9 Å². The second-order valence-electron chi connectivity index (χ2n) is 4.70. The van der Waals surface area contributed by atoms with Crippen LogP contribution in [0.1, 0.15) is 36.4 Å². The van der Waals surface area contributed by atoms with Crippen molar-refractivity contribution >= 4 is 0 Å². The summed E-state index contributed by atoms with van der Waals surface area (Å²) in [6.07, 6.45) is -2.88. The molecule has 6 heteroatoms. The molecule has 19 heavy (non-hydrogen) atoms. The molecule has 106 valence electrons. The summed E-state index contributed by atoms with van der Waals surface area (Å²) in [7, 11) is 0. The summed E-state index contributed by atoms with van der Waals surface area (Å²) in [6.45, 7) is 0.755. The van der Waals surface area contributed by atoms with E-state index >= 15 is 0 Å². The van der Waals surface area contributed by atoms with Crippen molar-refractivity contribution in [1.29, 1.82) is 0 Å². The molecule has 0 aliphatic carbocycles. The molecule has 2 rings (SSSR count). The van der Waals surface area contributed by atoms with Gasteiger partial charge in [-0.1, -0.05) is 24.6 Å². The average Bonchev–Trinajstić information content (AvgIpc) is 2.39. The van der Waals surface area contributed by atoms with E-state index in [1.807, 2.05) is 0 Å². The van der Waals surface area contributed by atoms with Crippen LogP contribution >= 0.6 is 0 Å². The van der Waals surface area contributed by atoms with Crippen LogP contribution in [0.25, 0.3) is 0 Å². The fourth-order valence-corrected chi connectivity index (χ4v) is 2.25. The van der Waals surface area contributed by atoms with Crippen molar-refractivity contribution in [1.82, 2.24) is 5.32 Å². The number of benzene rings is 1. The van der Waals surface area contributed by atoms with Crippen molar-refractivity contribution in [2.24, 2.45) is 0 Å². The Bertz CT molecular complexity index is 435. The van der Waals surface area contributed by atoms with Crippen LogP contribution < -0.4 is 5.32 Å². The van der Waals surface area contributed by atoms with Crippen LogP contribution in [0.5, 0.6) is 0 Å². The molecule has 1 aliphatic heterocycles. The molecule has 0 amide bonds. The molecule has 0 aromatic heterocycles. The lowest BCUT2D eigenvalue weighted by molar-refractivity contribution is -0.289.